The first kappa shape index (κ1) is 14.4. The smallest absolute Gasteiger partial charge is 0.321 e. The Bertz CT molecular complexity index is 589. The highest BCUT2D eigenvalue weighted by Gasteiger charge is 2.23. The highest BCUT2D eigenvalue weighted by atomic mass is 35.5. The van der Waals surface area contributed by atoms with Gasteiger partial charge in [0.2, 0.25) is 0 Å². The Kier molecular flexibility index (Phi) is 4.46. The Morgan fingerprint density at radius 2 is 1.90 bits per heavy atom. The second-order valence-electron chi connectivity index (χ2n) is 5.26. The van der Waals surface area contributed by atoms with Crippen LogP contribution >= 0.6 is 22.9 Å². The second kappa shape index (κ2) is 6.50. The molecule has 3 nitrogen and oxygen atoms in total. The van der Waals surface area contributed by atoms with E-state index in [1.54, 1.807) is 23.5 Å². The molecule has 1 aromatic heterocycles. The maximum atomic E-state index is 12.2. The van der Waals surface area contributed by atoms with Gasteiger partial charge < -0.3 is 10.2 Å². The number of hydrogen-bond donors (Lipinski definition) is 1. The van der Waals surface area contributed by atoms with Crippen LogP contribution in [0.3, 0.4) is 0 Å². The van der Waals surface area contributed by atoms with E-state index in [0.29, 0.717) is 10.9 Å². The van der Waals surface area contributed by atoms with Crippen molar-refractivity contribution in [2.45, 2.75) is 18.8 Å². The van der Waals surface area contributed by atoms with Gasteiger partial charge in [-0.05, 0) is 65.4 Å². The maximum absolute atomic E-state index is 12.2. The molecule has 21 heavy (non-hydrogen) atoms. The van der Waals surface area contributed by atoms with Gasteiger partial charge in [-0.2, -0.15) is 11.3 Å². The summed E-state index contributed by atoms with van der Waals surface area (Å²) in [6.07, 6.45) is 2.07. The fraction of sp³-hybridized carbons (Fsp3) is 0.312. The minimum Gasteiger partial charge on any atom is -0.324 e. The van der Waals surface area contributed by atoms with Crippen molar-refractivity contribution >= 4 is 34.7 Å². The molecule has 1 aliphatic rings. The first-order valence-corrected chi connectivity index (χ1v) is 8.38. The number of benzene rings is 1. The van der Waals surface area contributed by atoms with Gasteiger partial charge in [0.15, 0.2) is 0 Å². The van der Waals surface area contributed by atoms with Gasteiger partial charge in [0.25, 0.3) is 0 Å². The lowest BCUT2D eigenvalue weighted by Gasteiger charge is -2.31. The molecule has 0 unspecified atom stereocenters. The molecule has 2 heterocycles. The number of thiophene rings is 1. The van der Waals surface area contributed by atoms with Gasteiger partial charge in [0.1, 0.15) is 0 Å². The summed E-state index contributed by atoms with van der Waals surface area (Å²) >= 11 is 7.58. The molecular weight excluding hydrogens is 304 g/mol. The van der Waals surface area contributed by atoms with Crippen LogP contribution in [0.25, 0.3) is 0 Å². The van der Waals surface area contributed by atoms with Gasteiger partial charge in [-0.3, -0.25) is 0 Å². The van der Waals surface area contributed by atoms with E-state index < -0.39 is 0 Å². The average Bonchev–Trinajstić information content (AvgIpc) is 3.04. The van der Waals surface area contributed by atoms with E-state index in [4.69, 9.17) is 11.6 Å². The van der Waals surface area contributed by atoms with Crippen LogP contribution in [0.1, 0.15) is 24.3 Å². The molecule has 2 aromatic rings. The van der Waals surface area contributed by atoms with Crippen LogP contribution in [0.5, 0.6) is 0 Å². The predicted octanol–water partition coefficient (Wildman–Crippen LogP) is 4.81. The van der Waals surface area contributed by atoms with Crippen molar-refractivity contribution in [2.75, 3.05) is 18.4 Å². The van der Waals surface area contributed by atoms with Crippen LogP contribution in [0, 0.1) is 0 Å². The Morgan fingerprint density at radius 1 is 1.19 bits per heavy atom. The van der Waals surface area contributed by atoms with Gasteiger partial charge in [-0.25, -0.2) is 4.79 Å². The molecule has 0 bridgehead atoms. The van der Waals surface area contributed by atoms with Crippen LogP contribution in [0.15, 0.2) is 41.1 Å². The molecule has 3 rings (SSSR count). The number of carbonyl (C=O) groups excluding carboxylic acids is 1. The van der Waals surface area contributed by atoms with Gasteiger partial charge in [0, 0.05) is 23.8 Å². The number of halogens is 1. The molecule has 5 heteroatoms. The number of urea groups is 1. The number of piperidine rings is 1. The minimum absolute atomic E-state index is 0.0268. The Hall–Kier alpha value is -1.52. The Morgan fingerprint density at radius 3 is 2.52 bits per heavy atom. The molecule has 2 amide bonds. The normalized spacial score (nSPS) is 16.0. The molecule has 1 N–H and O–H groups in total. The number of amides is 2. The van der Waals surface area contributed by atoms with E-state index in [1.165, 1.54) is 5.56 Å². The van der Waals surface area contributed by atoms with E-state index in [2.05, 4.69) is 22.1 Å². The molecule has 0 spiro atoms. The number of nitrogens with one attached hydrogen (secondary N) is 1. The maximum Gasteiger partial charge on any atom is 0.321 e. The molecule has 110 valence electrons. The highest BCUT2D eigenvalue weighted by Crippen LogP contribution is 2.29. The third-order valence-electron chi connectivity index (χ3n) is 3.89. The molecule has 0 radical (unpaired) electrons. The summed E-state index contributed by atoms with van der Waals surface area (Å²) in [7, 11) is 0. The largest absolute Gasteiger partial charge is 0.324 e. The summed E-state index contributed by atoms with van der Waals surface area (Å²) < 4.78 is 0. The number of hydrogen-bond acceptors (Lipinski definition) is 2. The molecule has 1 saturated heterocycles. The topological polar surface area (TPSA) is 32.3 Å². The summed E-state index contributed by atoms with van der Waals surface area (Å²) in [5, 5.41) is 7.93. The third-order valence-corrected chi connectivity index (χ3v) is 4.85. The lowest BCUT2D eigenvalue weighted by Crippen LogP contribution is -2.40. The Labute approximate surface area is 133 Å². The van der Waals surface area contributed by atoms with E-state index >= 15 is 0 Å². The molecule has 0 atom stereocenters. The highest BCUT2D eigenvalue weighted by molar-refractivity contribution is 7.07. The van der Waals surface area contributed by atoms with E-state index in [-0.39, 0.29) is 6.03 Å². The molecule has 1 aliphatic heterocycles. The van der Waals surface area contributed by atoms with E-state index in [0.717, 1.165) is 31.6 Å². The van der Waals surface area contributed by atoms with Gasteiger partial charge >= 0.3 is 6.03 Å². The van der Waals surface area contributed by atoms with Crippen LogP contribution in [-0.2, 0) is 0 Å². The predicted molar refractivity (Wildman–Crippen MR) is 88.3 cm³/mol. The fourth-order valence-corrected chi connectivity index (χ4v) is 3.53. The Balaban J connectivity index is 1.54. The monoisotopic (exact) mass is 320 g/mol. The van der Waals surface area contributed by atoms with Crippen molar-refractivity contribution < 1.29 is 4.79 Å². The van der Waals surface area contributed by atoms with Gasteiger partial charge in [-0.15, -0.1) is 0 Å². The lowest BCUT2D eigenvalue weighted by atomic mass is 9.91. The van der Waals surface area contributed by atoms with Crippen molar-refractivity contribution in [1.29, 1.82) is 0 Å². The summed E-state index contributed by atoms with van der Waals surface area (Å²) in [6.45, 7) is 1.61. The van der Waals surface area contributed by atoms with Crippen molar-refractivity contribution in [3.05, 3.63) is 51.7 Å². The fourth-order valence-electron chi connectivity index (χ4n) is 2.66. The number of rotatable bonds is 2. The second-order valence-corrected chi connectivity index (χ2v) is 6.47. The first-order valence-electron chi connectivity index (χ1n) is 7.06. The summed E-state index contributed by atoms with van der Waals surface area (Å²) in [5.74, 6) is 0.593. The molecule has 0 aliphatic carbocycles. The minimum atomic E-state index is -0.0268. The lowest BCUT2D eigenvalue weighted by molar-refractivity contribution is 0.194. The molecule has 1 aromatic carbocycles. The van der Waals surface area contributed by atoms with Crippen LogP contribution in [-0.4, -0.2) is 24.0 Å². The van der Waals surface area contributed by atoms with Crippen molar-refractivity contribution in [2.24, 2.45) is 0 Å². The zero-order chi connectivity index (χ0) is 14.7. The van der Waals surface area contributed by atoms with Crippen molar-refractivity contribution in [3.8, 4) is 0 Å². The zero-order valence-electron chi connectivity index (χ0n) is 11.6. The SMILES string of the molecule is O=C(Nc1ccc(Cl)cc1)N1CCC(c2ccsc2)CC1. The molecular formula is C16H17ClN2OS. The molecule has 1 fully saturated rings. The van der Waals surface area contributed by atoms with E-state index in [1.807, 2.05) is 17.0 Å². The third kappa shape index (κ3) is 3.57. The van der Waals surface area contributed by atoms with E-state index in [9.17, 15) is 4.79 Å². The van der Waals surface area contributed by atoms with Crippen LogP contribution < -0.4 is 5.32 Å². The average molecular weight is 321 g/mol. The van der Waals surface area contributed by atoms with Crippen LogP contribution in [0.4, 0.5) is 10.5 Å². The summed E-state index contributed by atoms with van der Waals surface area (Å²) in [4.78, 5) is 14.1. The quantitative estimate of drug-likeness (QED) is 0.846. The summed E-state index contributed by atoms with van der Waals surface area (Å²) in [5.41, 5.74) is 2.20. The van der Waals surface area contributed by atoms with Gasteiger partial charge in [-0.1, -0.05) is 11.6 Å². The number of likely N-dealkylation sites (tertiary alicyclic amines) is 1. The summed E-state index contributed by atoms with van der Waals surface area (Å²) in [6, 6.07) is 9.36. The number of nitrogens with zero attached hydrogens (tertiary/aromatic N) is 1. The number of anilines is 1. The zero-order valence-corrected chi connectivity index (χ0v) is 13.2. The first-order chi connectivity index (χ1) is 10.2. The van der Waals surface area contributed by atoms with Crippen LogP contribution in [0.2, 0.25) is 5.02 Å². The number of carbonyl (C=O) groups is 1. The van der Waals surface area contributed by atoms with Crippen molar-refractivity contribution in [3.63, 3.8) is 0 Å². The standard InChI is InChI=1S/C16H17ClN2OS/c17-14-1-3-15(4-2-14)18-16(20)19-8-5-12(6-9-19)13-7-10-21-11-13/h1-4,7,10-12H,5-6,8-9H2,(H,18,20). The molecule has 0 saturated carbocycles. The van der Waals surface area contributed by atoms with Gasteiger partial charge in [0.05, 0.1) is 0 Å². The van der Waals surface area contributed by atoms with Crippen molar-refractivity contribution in [1.82, 2.24) is 4.90 Å².